The summed E-state index contributed by atoms with van der Waals surface area (Å²) in [5.74, 6) is 0. The molecule has 3 nitrogen and oxygen atoms in total. The second-order valence-corrected chi connectivity index (χ2v) is 11.2. The highest BCUT2D eigenvalue weighted by molar-refractivity contribution is 7.00. The second kappa shape index (κ2) is 5.52. The van der Waals surface area contributed by atoms with Crippen LogP contribution in [-0.2, 0) is 4.74 Å². The van der Waals surface area contributed by atoms with Crippen LogP contribution in [0.25, 0.3) is 0 Å². The molecule has 2 rings (SSSR count). The van der Waals surface area contributed by atoms with Crippen LogP contribution in [0.5, 0.6) is 0 Å². The summed E-state index contributed by atoms with van der Waals surface area (Å²) in [6.07, 6.45) is 3.38. The Morgan fingerprint density at radius 3 is 2.24 bits per heavy atom. The van der Waals surface area contributed by atoms with Gasteiger partial charge in [-0.05, 0) is 32.0 Å². The SMILES string of the molecule is CC(C)(C)OC(=O)n1ccc([Si](C)(C)c2ccccc2)c1. The van der Waals surface area contributed by atoms with Gasteiger partial charge in [-0.15, -0.1) is 0 Å². The van der Waals surface area contributed by atoms with Gasteiger partial charge in [-0.3, -0.25) is 4.57 Å². The summed E-state index contributed by atoms with van der Waals surface area (Å²) in [6, 6.07) is 12.5. The average Bonchev–Trinajstić information content (AvgIpc) is 2.88. The van der Waals surface area contributed by atoms with Crippen molar-refractivity contribution in [3.63, 3.8) is 0 Å². The minimum atomic E-state index is -1.77. The monoisotopic (exact) mass is 301 g/mol. The molecular weight excluding hydrogens is 278 g/mol. The molecule has 0 spiro atoms. The molecule has 0 N–H and O–H groups in total. The van der Waals surface area contributed by atoms with Crippen molar-refractivity contribution in [2.45, 2.75) is 39.5 Å². The van der Waals surface area contributed by atoms with Gasteiger partial charge in [-0.25, -0.2) is 4.79 Å². The number of hydrogen-bond donors (Lipinski definition) is 0. The Bertz CT molecular complexity index is 624. The molecule has 0 bridgehead atoms. The fraction of sp³-hybridized carbons (Fsp3) is 0.353. The van der Waals surface area contributed by atoms with Gasteiger partial charge in [0.1, 0.15) is 13.7 Å². The predicted octanol–water partition coefficient (Wildman–Crippen LogP) is 3.09. The molecule has 112 valence electrons. The highest BCUT2D eigenvalue weighted by Gasteiger charge is 2.27. The second-order valence-electron chi connectivity index (χ2n) is 6.78. The highest BCUT2D eigenvalue weighted by atomic mass is 28.3. The first-order chi connectivity index (χ1) is 9.70. The Morgan fingerprint density at radius 1 is 1.05 bits per heavy atom. The van der Waals surface area contributed by atoms with Crippen molar-refractivity contribution in [1.29, 1.82) is 0 Å². The number of benzene rings is 1. The first kappa shape index (κ1) is 15.6. The zero-order valence-corrected chi connectivity index (χ0v) is 14.4. The maximum Gasteiger partial charge on any atom is 0.418 e. The molecule has 1 aromatic heterocycles. The lowest BCUT2D eigenvalue weighted by atomic mass is 10.2. The Hall–Kier alpha value is -1.81. The third kappa shape index (κ3) is 3.64. The van der Waals surface area contributed by atoms with Crippen molar-refractivity contribution in [3.8, 4) is 0 Å². The molecule has 0 fully saturated rings. The number of carbonyl (C=O) groups excluding carboxylic acids is 1. The number of hydrogen-bond acceptors (Lipinski definition) is 2. The standard InChI is InChI=1S/C17H23NO2Si/c1-17(2,3)20-16(19)18-12-11-15(13-18)21(4,5)14-9-7-6-8-10-14/h6-13H,1-5H3. The number of nitrogens with zero attached hydrogens (tertiary/aromatic N) is 1. The fourth-order valence-electron chi connectivity index (χ4n) is 2.22. The molecule has 2 aromatic rings. The summed E-state index contributed by atoms with van der Waals surface area (Å²) in [4.78, 5) is 12.1. The molecule has 0 aliphatic heterocycles. The minimum absolute atomic E-state index is 0.327. The van der Waals surface area contributed by atoms with Gasteiger partial charge >= 0.3 is 6.09 Å². The van der Waals surface area contributed by atoms with Gasteiger partial charge in [0.05, 0.1) is 0 Å². The Kier molecular flexibility index (Phi) is 4.10. The normalized spacial score (nSPS) is 12.2. The van der Waals surface area contributed by atoms with Gasteiger partial charge in [-0.1, -0.05) is 48.6 Å². The molecule has 1 aromatic carbocycles. The van der Waals surface area contributed by atoms with Crippen LogP contribution in [0, 0.1) is 0 Å². The first-order valence-corrected chi connectivity index (χ1v) is 10.2. The van der Waals surface area contributed by atoms with Gasteiger partial charge in [0.15, 0.2) is 0 Å². The van der Waals surface area contributed by atoms with Gasteiger partial charge in [0.25, 0.3) is 0 Å². The van der Waals surface area contributed by atoms with Crippen LogP contribution in [-0.4, -0.2) is 24.3 Å². The summed E-state index contributed by atoms with van der Waals surface area (Å²) < 4.78 is 6.93. The molecule has 0 atom stereocenters. The van der Waals surface area contributed by atoms with Crippen LogP contribution in [0.3, 0.4) is 0 Å². The Labute approximate surface area is 127 Å². The quantitative estimate of drug-likeness (QED) is 0.798. The predicted molar refractivity (Wildman–Crippen MR) is 89.3 cm³/mol. The van der Waals surface area contributed by atoms with Gasteiger partial charge in [0.2, 0.25) is 0 Å². The molecular formula is C17H23NO2Si. The van der Waals surface area contributed by atoms with E-state index in [9.17, 15) is 4.79 Å². The van der Waals surface area contributed by atoms with E-state index in [1.165, 1.54) is 14.9 Å². The smallest absolute Gasteiger partial charge is 0.418 e. The third-order valence-electron chi connectivity index (χ3n) is 3.51. The minimum Gasteiger partial charge on any atom is -0.443 e. The molecule has 0 aliphatic rings. The van der Waals surface area contributed by atoms with Crippen LogP contribution >= 0.6 is 0 Å². The van der Waals surface area contributed by atoms with Gasteiger partial charge in [-0.2, -0.15) is 0 Å². The van der Waals surface area contributed by atoms with E-state index >= 15 is 0 Å². The van der Waals surface area contributed by atoms with Crippen molar-refractivity contribution in [2.24, 2.45) is 0 Å². The topological polar surface area (TPSA) is 31.2 Å². The lowest BCUT2D eigenvalue weighted by Gasteiger charge is -2.22. The number of rotatable bonds is 2. The number of ether oxygens (including phenoxy) is 1. The van der Waals surface area contributed by atoms with Crippen molar-refractivity contribution >= 4 is 24.5 Å². The Balaban J connectivity index is 2.26. The Morgan fingerprint density at radius 2 is 1.67 bits per heavy atom. The highest BCUT2D eigenvalue weighted by Crippen LogP contribution is 2.10. The van der Waals surface area contributed by atoms with Crippen molar-refractivity contribution in [3.05, 3.63) is 48.8 Å². The molecule has 0 unspecified atom stereocenters. The van der Waals surface area contributed by atoms with E-state index in [1.807, 2.05) is 39.1 Å². The van der Waals surface area contributed by atoms with Crippen LogP contribution in [0.4, 0.5) is 4.79 Å². The van der Waals surface area contributed by atoms with E-state index < -0.39 is 13.7 Å². The summed E-state index contributed by atoms with van der Waals surface area (Å²) in [5.41, 5.74) is -0.478. The van der Waals surface area contributed by atoms with Crippen LogP contribution < -0.4 is 10.4 Å². The zero-order valence-electron chi connectivity index (χ0n) is 13.4. The van der Waals surface area contributed by atoms with Crippen molar-refractivity contribution in [1.82, 2.24) is 4.57 Å². The van der Waals surface area contributed by atoms with Crippen LogP contribution in [0.1, 0.15) is 20.8 Å². The maximum atomic E-state index is 12.1. The lowest BCUT2D eigenvalue weighted by molar-refractivity contribution is 0.0537. The van der Waals surface area contributed by atoms with E-state index in [0.717, 1.165) is 0 Å². The molecule has 21 heavy (non-hydrogen) atoms. The summed E-state index contributed by atoms with van der Waals surface area (Å²) in [6.45, 7) is 10.2. The molecule has 4 heteroatoms. The summed E-state index contributed by atoms with van der Waals surface area (Å²) in [7, 11) is -1.77. The summed E-state index contributed by atoms with van der Waals surface area (Å²) in [5, 5.41) is 2.58. The van der Waals surface area contributed by atoms with E-state index in [1.54, 1.807) is 6.20 Å². The van der Waals surface area contributed by atoms with Crippen molar-refractivity contribution in [2.75, 3.05) is 0 Å². The maximum absolute atomic E-state index is 12.1. The number of aromatic nitrogens is 1. The zero-order chi connectivity index (χ0) is 15.7. The number of carbonyl (C=O) groups is 1. The molecule has 0 saturated carbocycles. The van der Waals surface area contributed by atoms with E-state index in [2.05, 4.69) is 37.4 Å². The lowest BCUT2D eigenvalue weighted by Crippen LogP contribution is -2.52. The molecule has 0 aliphatic carbocycles. The van der Waals surface area contributed by atoms with Gasteiger partial charge in [0, 0.05) is 12.4 Å². The molecule has 0 saturated heterocycles. The average molecular weight is 301 g/mol. The molecule has 0 amide bonds. The molecule has 0 radical (unpaired) electrons. The van der Waals surface area contributed by atoms with Crippen molar-refractivity contribution < 1.29 is 9.53 Å². The van der Waals surface area contributed by atoms with Gasteiger partial charge < -0.3 is 4.74 Å². The summed E-state index contributed by atoms with van der Waals surface area (Å²) >= 11 is 0. The van der Waals surface area contributed by atoms with E-state index in [0.29, 0.717) is 0 Å². The van der Waals surface area contributed by atoms with Crippen LogP contribution in [0.15, 0.2) is 48.8 Å². The first-order valence-electron chi connectivity index (χ1n) is 7.17. The largest absolute Gasteiger partial charge is 0.443 e. The van der Waals surface area contributed by atoms with E-state index in [-0.39, 0.29) is 6.09 Å². The van der Waals surface area contributed by atoms with E-state index in [4.69, 9.17) is 4.74 Å². The third-order valence-corrected chi connectivity index (χ3v) is 7.03. The van der Waals surface area contributed by atoms with Crippen LogP contribution in [0.2, 0.25) is 13.1 Å². The fourth-order valence-corrected chi connectivity index (χ4v) is 4.53. The molecule has 1 heterocycles.